The lowest BCUT2D eigenvalue weighted by atomic mass is 10.2. The number of nitrogens with zero attached hydrogens (tertiary/aromatic N) is 2. The lowest BCUT2D eigenvalue weighted by molar-refractivity contribution is 0.0493. The molecule has 1 heterocycles. The van der Waals surface area contributed by atoms with Gasteiger partial charge in [0.15, 0.2) is 0 Å². The summed E-state index contributed by atoms with van der Waals surface area (Å²) in [6.07, 6.45) is 2.12. The zero-order valence-corrected chi connectivity index (χ0v) is 19.3. The minimum Gasteiger partial charge on any atom is -0.444 e. The Balaban J connectivity index is 2.05. The first-order valence-corrected chi connectivity index (χ1v) is 11.7. The van der Waals surface area contributed by atoms with Crippen LogP contribution in [-0.2, 0) is 10.5 Å². The van der Waals surface area contributed by atoms with Crippen LogP contribution in [0.4, 0.5) is 4.79 Å². The summed E-state index contributed by atoms with van der Waals surface area (Å²) >= 11 is 15.4. The van der Waals surface area contributed by atoms with Gasteiger partial charge in [-0.15, -0.1) is 10.2 Å². The second-order valence-corrected chi connectivity index (χ2v) is 9.60. The van der Waals surface area contributed by atoms with Crippen molar-refractivity contribution in [2.45, 2.75) is 49.8 Å². The second kappa shape index (κ2) is 10.6. The van der Waals surface area contributed by atoms with E-state index in [4.69, 9.17) is 32.4 Å². The minimum atomic E-state index is -0.585. The molecule has 0 saturated carbocycles. The molecule has 6 nitrogen and oxygen atoms in total. The monoisotopic (exact) mass is 463 g/mol. The molecule has 0 aliphatic carbocycles. The first-order chi connectivity index (χ1) is 13.2. The number of alkyl carbamates (subject to hydrolysis) is 1. The van der Waals surface area contributed by atoms with Gasteiger partial charge in [-0.3, -0.25) is 0 Å². The molecule has 0 unspecified atom stereocenters. The Bertz CT molecular complexity index is 776. The molecule has 1 atom stereocenters. The van der Waals surface area contributed by atoms with E-state index in [2.05, 4.69) is 15.5 Å². The van der Waals surface area contributed by atoms with Crippen LogP contribution in [0.3, 0.4) is 0 Å². The summed E-state index contributed by atoms with van der Waals surface area (Å²) in [6, 6.07) is 4.94. The molecule has 2 aromatic rings. The van der Waals surface area contributed by atoms with E-state index in [9.17, 15) is 4.79 Å². The average molecular weight is 464 g/mol. The molecule has 1 amide bonds. The van der Waals surface area contributed by atoms with Crippen LogP contribution in [0.1, 0.15) is 44.7 Å². The van der Waals surface area contributed by atoms with E-state index >= 15 is 0 Å². The van der Waals surface area contributed by atoms with Gasteiger partial charge >= 0.3 is 6.09 Å². The Kier molecular flexibility index (Phi) is 8.80. The highest BCUT2D eigenvalue weighted by atomic mass is 35.5. The Morgan fingerprint density at radius 1 is 1.29 bits per heavy atom. The highest BCUT2D eigenvalue weighted by Gasteiger charge is 2.24. The molecule has 1 aromatic heterocycles. The van der Waals surface area contributed by atoms with Gasteiger partial charge in [0.1, 0.15) is 11.6 Å². The van der Waals surface area contributed by atoms with Crippen molar-refractivity contribution >= 4 is 52.8 Å². The number of halogens is 2. The van der Waals surface area contributed by atoms with Gasteiger partial charge in [0.2, 0.25) is 5.89 Å². The van der Waals surface area contributed by atoms with Gasteiger partial charge in [-0.05, 0) is 56.9 Å². The molecule has 0 bridgehead atoms. The van der Waals surface area contributed by atoms with E-state index in [0.717, 1.165) is 11.3 Å². The minimum absolute atomic E-state index is 0.340. The third kappa shape index (κ3) is 7.39. The van der Waals surface area contributed by atoms with Crippen molar-refractivity contribution in [1.82, 2.24) is 15.5 Å². The highest BCUT2D eigenvalue weighted by molar-refractivity contribution is 7.98. The predicted molar refractivity (Wildman–Crippen MR) is 115 cm³/mol. The quantitative estimate of drug-likeness (QED) is 0.481. The summed E-state index contributed by atoms with van der Waals surface area (Å²) in [5.41, 5.74) is 0.222. The lowest BCUT2D eigenvalue weighted by Crippen LogP contribution is -2.35. The van der Waals surface area contributed by atoms with Gasteiger partial charge in [-0.2, -0.15) is 11.8 Å². The van der Waals surface area contributed by atoms with Gasteiger partial charge in [0, 0.05) is 15.8 Å². The van der Waals surface area contributed by atoms with Gasteiger partial charge in [0.25, 0.3) is 5.22 Å². The van der Waals surface area contributed by atoms with Crippen molar-refractivity contribution in [2.75, 3.05) is 12.0 Å². The van der Waals surface area contributed by atoms with E-state index in [-0.39, 0.29) is 0 Å². The van der Waals surface area contributed by atoms with Crippen LogP contribution in [-0.4, -0.2) is 33.9 Å². The first kappa shape index (κ1) is 23.2. The number of hydrogen-bond acceptors (Lipinski definition) is 7. The lowest BCUT2D eigenvalue weighted by Gasteiger charge is -2.22. The summed E-state index contributed by atoms with van der Waals surface area (Å²) in [6.45, 7) is 5.43. The largest absolute Gasteiger partial charge is 0.444 e. The number of benzene rings is 1. The molecule has 0 radical (unpaired) electrons. The van der Waals surface area contributed by atoms with Crippen LogP contribution in [0.2, 0.25) is 10.0 Å². The second-order valence-electron chi connectivity index (χ2n) is 6.88. The molecule has 28 heavy (non-hydrogen) atoms. The number of thioether (sulfide) groups is 2. The fourth-order valence-corrected chi connectivity index (χ4v) is 4.15. The van der Waals surface area contributed by atoms with Crippen molar-refractivity contribution in [3.8, 4) is 0 Å². The zero-order valence-electron chi connectivity index (χ0n) is 16.1. The number of nitrogens with one attached hydrogen (secondary N) is 1. The summed E-state index contributed by atoms with van der Waals surface area (Å²) in [4.78, 5) is 12.1. The van der Waals surface area contributed by atoms with Gasteiger partial charge in [-0.1, -0.05) is 41.0 Å². The molecule has 2 rings (SSSR count). The maximum absolute atomic E-state index is 12.1. The van der Waals surface area contributed by atoms with E-state index in [1.807, 2.05) is 27.0 Å². The number of aromatic nitrogens is 2. The van der Waals surface area contributed by atoms with Gasteiger partial charge in [0.05, 0.1) is 0 Å². The molecule has 1 N–H and O–H groups in total. The molecule has 0 saturated heterocycles. The topological polar surface area (TPSA) is 77.2 Å². The van der Waals surface area contributed by atoms with Crippen molar-refractivity contribution in [1.29, 1.82) is 0 Å². The summed E-state index contributed by atoms with van der Waals surface area (Å²) in [5.74, 6) is 1.66. The summed E-state index contributed by atoms with van der Waals surface area (Å²) in [7, 11) is 0. The molecule has 0 aliphatic rings. The Hall–Kier alpha value is -1.09. The summed E-state index contributed by atoms with van der Waals surface area (Å²) in [5, 5.41) is 12.5. The van der Waals surface area contributed by atoms with E-state index in [1.165, 1.54) is 11.8 Å². The van der Waals surface area contributed by atoms with Crippen molar-refractivity contribution in [3.63, 3.8) is 0 Å². The number of amides is 1. The molecule has 10 heteroatoms. The van der Waals surface area contributed by atoms with E-state index in [0.29, 0.717) is 33.3 Å². The fourth-order valence-electron chi connectivity index (χ4n) is 2.17. The molecule has 0 aliphatic heterocycles. The van der Waals surface area contributed by atoms with Crippen LogP contribution in [0.15, 0.2) is 27.8 Å². The van der Waals surface area contributed by atoms with Crippen LogP contribution < -0.4 is 5.32 Å². The van der Waals surface area contributed by atoms with Crippen LogP contribution >= 0.6 is 46.7 Å². The Morgan fingerprint density at radius 3 is 2.57 bits per heavy atom. The predicted octanol–water partition coefficient (Wildman–Crippen LogP) is 5.99. The number of hydrogen-bond donors (Lipinski definition) is 1. The highest BCUT2D eigenvalue weighted by Crippen LogP contribution is 2.31. The van der Waals surface area contributed by atoms with E-state index < -0.39 is 17.7 Å². The van der Waals surface area contributed by atoms with Crippen LogP contribution in [0.5, 0.6) is 0 Å². The van der Waals surface area contributed by atoms with Gasteiger partial charge < -0.3 is 14.5 Å². The molecular formula is C18H23Cl2N3O3S2. The Labute approximate surface area is 183 Å². The van der Waals surface area contributed by atoms with Crippen molar-refractivity contribution in [3.05, 3.63) is 39.7 Å². The first-order valence-electron chi connectivity index (χ1n) is 8.57. The zero-order chi connectivity index (χ0) is 20.7. The molecule has 0 spiro atoms. The standard InChI is InChI=1S/C18H23Cl2N3O3S2/c1-18(2,3)26-16(24)21-14(8-9-27-4)15-22-23-17(25-15)28-10-11-12(19)6-5-7-13(11)20/h5-7,14H,8-10H2,1-4H3,(H,21,24)/t14-/m1/s1. The maximum atomic E-state index is 12.1. The number of ether oxygens (including phenoxy) is 1. The Morgan fingerprint density at radius 2 is 1.96 bits per heavy atom. The van der Waals surface area contributed by atoms with Crippen molar-refractivity contribution < 1.29 is 13.9 Å². The number of carbonyl (C=O) groups is 1. The normalized spacial score (nSPS) is 12.6. The maximum Gasteiger partial charge on any atom is 0.408 e. The molecular weight excluding hydrogens is 441 g/mol. The average Bonchev–Trinajstić information content (AvgIpc) is 3.05. The molecule has 154 valence electrons. The SMILES string of the molecule is CSCC[C@@H](NC(=O)OC(C)(C)C)c1nnc(SCc2c(Cl)cccc2Cl)o1. The van der Waals surface area contributed by atoms with Crippen LogP contribution in [0.25, 0.3) is 0 Å². The third-order valence-electron chi connectivity index (χ3n) is 3.42. The van der Waals surface area contributed by atoms with Gasteiger partial charge in [-0.25, -0.2) is 4.79 Å². The summed E-state index contributed by atoms with van der Waals surface area (Å²) < 4.78 is 11.1. The number of rotatable bonds is 8. The number of carbonyl (C=O) groups excluding carboxylic acids is 1. The molecule has 1 aromatic carbocycles. The van der Waals surface area contributed by atoms with Crippen molar-refractivity contribution in [2.24, 2.45) is 0 Å². The smallest absolute Gasteiger partial charge is 0.408 e. The third-order valence-corrected chi connectivity index (χ3v) is 5.62. The van der Waals surface area contributed by atoms with E-state index in [1.54, 1.807) is 30.0 Å². The molecule has 0 fully saturated rings. The fraction of sp³-hybridized carbons (Fsp3) is 0.500. The van der Waals surface area contributed by atoms with Crippen LogP contribution in [0, 0.1) is 0 Å².